The van der Waals surface area contributed by atoms with Crippen LogP contribution in [0.15, 0.2) is 24.5 Å². The van der Waals surface area contributed by atoms with Crippen LogP contribution in [0.2, 0.25) is 5.02 Å². The maximum Gasteiger partial charge on any atom is 0.410 e. The van der Waals surface area contributed by atoms with Crippen LogP contribution in [-0.2, 0) is 9.47 Å². The summed E-state index contributed by atoms with van der Waals surface area (Å²) in [6.07, 6.45) is 2.82. The van der Waals surface area contributed by atoms with Gasteiger partial charge < -0.3 is 29.7 Å². The van der Waals surface area contributed by atoms with Gasteiger partial charge >= 0.3 is 6.09 Å². The predicted octanol–water partition coefficient (Wildman–Crippen LogP) is 3.80. The lowest BCUT2D eigenvalue weighted by molar-refractivity contribution is -0.111. The minimum Gasteiger partial charge on any atom is -0.472 e. The first-order valence-corrected chi connectivity index (χ1v) is 12.0. The summed E-state index contributed by atoms with van der Waals surface area (Å²) in [5, 5.41) is 15.8. The smallest absolute Gasteiger partial charge is 0.410 e. The molecule has 0 radical (unpaired) electrons. The summed E-state index contributed by atoms with van der Waals surface area (Å²) in [5.41, 5.74) is 1.35. The SMILES string of the molecule is CNc1c(Nc2ccc(C#N)cc2Cl)ncnc1OC1C2COCC1CN(C(=O)OC1(C)CC1)C2. The van der Waals surface area contributed by atoms with Crippen LogP contribution in [0, 0.1) is 23.2 Å². The molecule has 184 valence electrons. The van der Waals surface area contributed by atoms with E-state index in [0.717, 1.165) is 12.8 Å². The number of anilines is 3. The molecule has 0 spiro atoms. The highest BCUT2D eigenvalue weighted by Gasteiger charge is 2.47. The van der Waals surface area contributed by atoms with E-state index < -0.39 is 0 Å². The normalized spacial score (nSPS) is 24.2. The van der Waals surface area contributed by atoms with Crippen LogP contribution in [0.3, 0.4) is 0 Å². The molecule has 2 saturated heterocycles. The Morgan fingerprint density at radius 2 is 2.03 bits per heavy atom. The van der Waals surface area contributed by atoms with Gasteiger partial charge in [0, 0.05) is 32.0 Å². The lowest BCUT2D eigenvalue weighted by atomic mass is 9.84. The number of halogens is 1. The van der Waals surface area contributed by atoms with Crippen molar-refractivity contribution < 1.29 is 19.0 Å². The van der Waals surface area contributed by atoms with Crippen LogP contribution in [-0.4, -0.2) is 66.0 Å². The van der Waals surface area contributed by atoms with Crippen LogP contribution in [0.1, 0.15) is 25.3 Å². The topological polar surface area (TPSA) is 122 Å². The number of rotatable bonds is 6. The molecule has 5 rings (SSSR count). The minimum absolute atomic E-state index is 0.00823. The summed E-state index contributed by atoms with van der Waals surface area (Å²) >= 11 is 6.33. The molecule has 3 aliphatic rings. The molecule has 1 aromatic carbocycles. The van der Waals surface area contributed by atoms with Gasteiger partial charge in [0.2, 0.25) is 5.88 Å². The Morgan fingerprint density at radius 1 is 1.29 bits per heavy atom. The Labute approximate surface area is 208 Å². The third-order valence-electron chi connectivity index (χ3n) is 6.71. The summed E-state index contributed by atoms with van der Waals surface area (Å²) in [6, 6.07) is 7.05. The van der Waals surface area contributed by atoms with Gasteiger partial charge in [0.1, 0.15) is 23.7 Å². The molecule has 1 amide bonds. The van der Waals surface area contributed by atoms with E-state index >= 15 is 0 Å². The maximum absolute atomic E-state index is 12.7. The van der Waals surface area contributed by atoms with Gasteiger partial charge in [-0.1, -0.05) is 11.6 Å². The lowest BCUT2D eigenvalue weighted by Gasteiger charge is -2.46. The van der Waals surface area contributed by atoms with E-state index in [0.29, 0.717) is 60.0 Å². The molecular formula is C24H27ClN6O4. The number of hydrogen-bond acceptors (Lipinski definition) is 9. The number of nitrogens with zero attached hydrogens (tertiary/aromatic N) is 4. The number of fused-ring (bicyclic) bond motifs is 2. The van der Waals surface area contributed by atoms with Crippen molar-refractivity contribution in [2.75, 3.05) is 44.0 Å². The van der Waals surface area contributed by atoms with E-state index in [1.165, 1.54) is 6.33 Å². The van der Waals surface area contributed by atoms with Gasteiger partial charge in [-0.25, -0.2) is 9.78 Å². The molecule has 35 heavy (non-hydrogen) atoms. The van der Waals surface area contributed by atoms with Crippen LogP contribution in [0.5, 0.6) is 5.88 Å². The fraction of sp³-hybridized carbons (Fsp3) is 0.500. The Kier molecular flexibility index (Phi) is 6.30. The van der Waals surface area contributed by atoms with Gasteiger partial charge in [-0.2, -0.15) is 10.2 Å². The predicted molar refractivity (Wildman–Crippen MR) is 129 cm³/mol. The maximum atomic E-state index is 12.7. The second kappa shape index (κ2) is 9.40. The quantitative estimate of drug-likeness (QED) is 0.612. The van der Waals surface area contributed by atoms with Crippen molar-refractivity contribution in [1.82, 2.24) is 14.9 Å². The van der Waals surface area contributed by atoms with Crippen LogP contribution < -0.4 is 15.4 Å². The number of benzene rings is 1. The summed E-state index contributed by atoms with van der Waals surface area (Å²) < 4.78 is 17.9. The Hall–Kier alpha value is -3.29. The number of carbonyl (C=O) groups excluding carboxylic acids is 1. The summed E-state index contributed by atoms with van der Waals surface area (Å²) in [7, 11) is 1.76. The molecule has 2 N–H and O–H groups in total. The third-order valence-corrected chi connectivity index (χ3v) is 7.02. The van der Waals surface area contributed by atoms with Crippen molar-refractivity contribution in [3.8, 4) is 11.9 Å². The highest BCUT2D eigenvalue weighted by atomic mass is 35.5. The number of carbonyl (C=O) groups is 1. The van der Waals surface area contributed by atoms with E-state index in [2.05, 4.69) is 26.7 Å². The van der Waals surface area contributed by atoms with Gasteiger partial charge in [0.25, 0.3) is 0 Å². The molecule has 2 unspecified atom stereocenters. The van der Waals surface area contributed by atoms with Crippen LogP contribution >= 0.6 is 11.6 Å². The first-order chi connectivity index (χ1) is 16.9. The molecule has 10 nitrogen and oxygen atoms in total. The van der Waals surface area contributed by atoms with Gasteiger partial charge in [0.15, 0.2) is 5.82 Å². The number of ether oxygens (including phenoxy) is 3. The fourth-order valence-electron chi connectivity index (χ4n) is 4.52. The monoisotopic (exact) mass is 498 g/mol. The van der Waals surface area contributed by atoms with E-state index in [9.17, 15) is 4.79 Å². The van der Waals surface area contributed by atoms with Crippen molar-refractivity contribution in [2.45, 2.75) is 31.5 Å². The second-order valence-corrected chi connectivity index (χ2v) is 9.85. The van der Waals surface area contributed by atoms with Crippen molar-refractivity contribution in [2.24, 2.45) is 11.8 Å². The molecule has 11 heteroatoms. The molecule has 1 saturated carbocycles. The highest BCUT2D eigenvalue weighted by Crippen LogP contribution is 2.41. The largest absolute Gasteiger partial charge is 0.472 e. The van der Waals surface area contributed by atoms with Crippen molar-refractivity contribution >= 4 is 34.9 Å². The third kappa shape index (κ3) is 4.92. The molecule has 3 fully saturated rings. The zero-order valence-corrected chi connectivity index (χ0v) is 20.3. The highest BCUT2D eigenvalue weighted by molar-refractivity contribution is 6.33. The molecule has 2 bridgehead atoms. The zero-order chi connectivity index (χ0) is 24.6. The van der Waals surface area contributed by atoms with E-state index in [1.807, 2.05) is 6.92 Å². The Morgan fingerprint density at radius 3 is 2.66 bits per heavy atom. The van der Waals surface area contributed by atoms with Gasteiger partial charge in [-0.05, 0) is 38.0 Å². The van der Waals surface area contributed by atoms with Crippen LogP contribution in [0.25, 0.3) is 0 Å². The second-order valence-electron chi connectivity index (χ2n) is 9.45. The molecule has 2 aromatic rings. The zero-order valence-electron chi connectivity index (χ0n) is 19.6. The number of hydrogen-bond donors (Lipinski definition) is 2. The van der Waals surface area contributed by atoms with E-state index in [4.69, 9.17) is 31.1 Å². The summed E-state index contributed by atoms with van der Waals surface area (Å²) in [5.74, 6) is 0.875. The van der Waals surface area contributed by atoms with Gasteiger partial charge in [-0.15, -0.1) is 0 Å². The van der Waals surface area contributed by atoms with Crippen molar-refractivity contribution in [3.05, 3.63) is 35.1 Å². The molecule has 1 aliphatic carbocycles. The number of likely N-dealkylation sites (tertiary alicyclic amines) is 1. The van der Waals surface area contributed by atoms with Gasteiger partial charge in [-0.3, -0.25) is 0 Å². The van der Waals surface area contributed by atoms with E-state index in [-0.39, 0.29) is 29.6 Å². The number of nitriles is 1. The number of amides is 1. The lowest BCUT2D eigenvalue weighted by Crippen LogP contribution is -2.59. The van der Waals surface area contributed by atoms with Crippen LogP contribution in [0.4, 0.5) is 22.0 Å². The van der Waals surface area contributed by atoms with E-state index in [1.54, 1.807) is 30.1 Å². The van der Waals surface area contributed by atoms with Gasteiger partial charge in [0.05, 0.1) is 35.6 Å². The number of aromatic nitrogens is 2. The average Bonchev–Trinajstić information content (AvgIpc) is 3.56. The Balaban J connectivity index is 1.33. The number of nitrogens with one attached hydrogen (secondary N) is 2. The first kappa shape index (κ1) is 23.5. The molecule has 3 heterocycles. The average molecular weight is 499 g/mol. The Bertz CT molecular complexity index is 1150. The molecule has 2 atom stereocenters. The summed E-state index contributed by atoms with van der Waals surface area (Å²) in [6.45, 7) is 3.96. The van der Waals surface area contributed by atoms with Crippen molar-refractivity contribution in [1.29, 1.82) is 5.26 Å². The fourth-order valence-corrected chi connectivity index (χ4v) is 4.74. The standard InChI is InChI=1S/C24H27ClN6O4/c1-24(5-6-24)35-23(32)31-9-15-11-33-12-16(10-31)20(15)34-22-19(27-2)21(28-13-29-22)30-18-4-3-14(8-26)7-17(18)25/h3-4,7,13,15-16,20,27H,5-6,9-12H2,1-2H3,(H,28,29,30). The first-order valence-electron chi connectivity index (χ1n) is 11.6. The molecular weight excluding hydrogens is 472 g/mol. The molecule has 2 aliphatic heterocycles. The van der Waals surface area contributed by atoms with Crippen molar-refractivity contribution in [3.63, 3.8) is 0 Å². The summed E-state index contributed by atoms with van der Waals surface area (Å²) in [4.78, 5) is 23.2. The molecule has 1 aromatic heterocycles. The number of piperidine rings is 1. The minimum atomic E-state index is -0.306.